The molecule has 0 aromatic carbocycles. The minimum absolute atomic E-state index is 0.399. The average Bonchev–Trinajstić information content (AvgIpc) is 2.20. The van der Waals surface area contributed by atoms with Crippen molar-refractivity contribution >= 4 is 11.5 Å². The van der Waals surface area contributed by atoms with Crippen molar-refractivity contribution in [1.82, 2.24) is 4.98 Å². The highest BCUT2D eigenvalue weighted by atomic mass is 16.5. The Morgan fingerprint density at radius 2 is 2.29 bits per heavy atom. The van der Waals surface area contributed by atoms with Crippen molar-refractivity contribution in [3.05, 3.63) is 12.1 Å². The highest BCUT2D eigenvalue weighted by Gasteiger charge is 2.04. The molecule has 14 heavy (non-hydrogen) atoms. The third-order valence-electron chi connectivity index (χ3n) is 2.09. The number of nitrogens with two attached hydrogens (primary N) is 1. The topological polar surface area (TPSA) is 60.2 Å². The van der Waals surface area contributed by atoms with Crippen molar-refractivity contribution in [3.63, 3.8) is 0 Å². The molecule has 0 fully saturated rings. The Morgan fingerprint density at radius 1 is 1.57 bits per heavy atom. The van der Waals surface area contributed by atoms with Crippen molar-refractivity contribution in [1.29, 1.82) is 0 Å². The molecule has 1 unspecified atom stereocenters. The van der Waals surface area contributed by atoms with Crippen LogP contribution in [0.4, 0.5) is 11.5 Å². The zero-order chi connectivity index (χ0) is 10.6. The van der Waals surface area contributed by atoms with Crippen LogP contribution in [0, 0.1) is 0 Å². The Morgan fingerprint density at radius 3 is 2.86 bits per heavy atom. The number of pyridine rings is 1. The summed E-state index contributed by atoms with van der Waals surface area (Å²) in [6, 6.07) is 4.04. The summed E-state index contributed by atoms with van der Waals surface area (Å²) in [7, 11) is 1.56. The zero-order valence-corrected chi connectivity index (χ0v) is 8.87. The van der Waals surface area contributed by atoms with Gasteiger partial charge in [0.15, 0.2) is 0 Å². The van der Waals surface area contributed by atoms with Crippen molar-refractivity contribution in [2.75, 3.05) is 18.2 Å². The molecule has 0 aliphatic rings. The Hall–Kier alpha value is -1.45. The molecular formula is C10H17N3O. The standard InChI is InChI=1S/C10H17N3O/c1-4-7(2)12-9-6-5-8(11)10(13-9)14-3/h5-7H,4,11H2,1-3H3,(H,12,13). The first-order valence-corrected chi connectivity index (χ1v) is 4.74. The second-order valence-electron chi connectivity index (χ2n) is 3.25. The van der Waals surface area contributed by atoms with Crippen LogP contribution in [0.1, 0.15) is 20.3 Å². The summed E-state index contributed by atoms with van der Waals surface area (Å²) in [5, 5.41) is 3.25. The molecule has 0 saturated heterocycles. The normalized spacial score (nSPS) is 12.2. The van der Waals surface area contributed by atoms with E-state index >= 15 is 0 Å². The fourth-order valence-electron chi connectivity index (χ4n) is 1.05. The number of rotatable bonds is 4. The second-order valence-corrected chi connectivity index (χ2v) is 3.25. The predicted octanol–water partition coefficient (Wildman–Crippen LogP) is 1.88. The van der Waals surface area contributed by atoms with E-state index < -0.39 is 0 Å². The maximum Gasteiger partial charge on any atom is 0.238 e. The fraction of sp³-hybridized carbons (Fsp3) is 0.500. The van der Waals surface area contributed by atoms with E-state index in [0.29, 0.717) is 17.6 Å². The Labute approximate surface area is 84.5 Å². The minimum atomic E-state index is 0.399. The first kappa shape index (κ1) is 10.6. The molecule has 78 valence electrons. The number of nitrogens with one attached hydrogen (secondary N) is 1. The van der Waals surface area contributed by atoms with Gasteiger partial charge in [0, 0.05) is 6.04 Å². The molecule has 0 spiro atoms. The van der Waals surface area contributed by atoms with E-state index in [4.69, 9.17) is 10.5 Å². The minimum Gasteiger partial charge on any atom is -0.479 e. The maximum atomic E-state index is 5.65. The lowest BCUT2D eigenvalue weighted by molar-refractivity contribution is 0.400. The maximum absolute atomic E-state index is 5.65. The molecule has 0 aliphatic carbocycles. The quantitative estimate of drug-likeness (QED) is 0.770. The van der Waals surface area contributed by atoms with E-state index in [2.05, 4.69) is 24.1 Å². The molecule has 0 saturated carbocycles. The molecule has 1 rings (SSSR count). The summed E-state index contributed by atoms with van der Waals surface area (Å²) in [6.45, 7) is 4.22. The van der Waals surface area contributed by atoms with Gasteiger partial charge in [0.1, 0.15) is 5.82 Å². The molecule has 4 nitrogen and oxygen atoms in total. The molecule has 3 N–H and O–H groups in total. The van der Waals surface area contributed by atoms with Crippen LogP contribution < -0.4 is 15.8 Å². The number of nitrogen functional groups attached to an aromatic ring is 1. The van der Waals surface area contributed by atoms with Gasteiger partial charge in [-0.05, 0) is 25.5 Å². The molecule has 0 radical (unpaired) electrons. The lowest BCUT2D eigenvalue weighted by atomic mass is 10.2. The molecule has 0 bridgehead atoms. The van der Waals surface area contributed by atoms with E-state index in [1.165, 1.54) is 0 Å². The van der Waals surface area contributed by atoms with Gasteiger partial charge in [0.25, 0.3) is 0 Å². The summed E-state index contributed by atoms with van der Waals surface area (Å²) >= 11 is 0. The summed E-state index contributed by atoms with van der Waals surface area (Å²) in [5.74, 6) is 1.27. The molecule has 1 atom stereocenters. The molecule has 4 heteroatoms. The van der Waals surface area contributed by atoms with Crippen LogP contribution >= 0.6 is 0 Å². The number of hydrogen-bond acceptors (Lipinski definition) is 4. The van der Waals surface area contributed by atoms with Crippen molar-refractivity contribution in [2.45, 2.75) is 26.3 Å². The fourth-order valence-corrected chi connectivity index (χ4v) is 1.05. The predicted molar refractivity (Wildman–Crippen MR) is 58.6 cm³/mol. The van der Waals surface area contributed by atoms with Gasteiger partial charge in [-0.25, -0.2) is 0 Å². The number of nitrogens with zero attached hydrogens (tertiary/aromatic N) is 1. The average molecular weight is 195 g/mol. The molecule has 0 amide bonds. The molecule has 1 heterocycles. The summed E-state index contributed by atoms with van der Waals surface area (Å²) in [6.07, 6.45) is 1.05. The highest BCUT2D eigenvalue weighted by molar-refractivity contribution is 5.53. The number of hydrogen-bond donors (Lipinski definition) is 2. The van der Waals surface area contributed by atoms with Crippen LogP contribution in [-0.4, -0.2) is 18.1 Å². The number of anilines is 2. The van der Waals surface area contributed by atoms with Crippen molar-refractivity contribution < 1.29 is 4.74 Å². The van der Waals surface area contributed by atoms with E-state index in [9.17, 15) is 0 Å². The third kappa shape index (κ3) is 2.52. The van der Waals surface area contributed by atoms with Gasteiger partial charge in [-0.2, -0.15) is 4.98 Å². The first-order valence-electron chi connectivity index (χ1n) is 4.74. The van der Waals surface area contributed by atoms with Crippen LogP contribution in [0.2, 0.25) is 0 Å². The first-order chi connectivity index (χ1) is 6.67. The Kier molecular flexibility index (Phi) is 3.56. The van der Waals surface area contributed by atoms with Gasteiger partial charge >= 0.3 is 0 Å². The van der Waals surface area contributed by atoms with Gasteiger partial charge in [0.2, 0.25) is 5.88 Å². The molecular weight excluding hydrogens is 178 g/mol. The SMILES string of the molecule is CCC(C)Nc1ccc(N)c(OC)n1. The van der Waals surface area contributed by atoms with Gasteiger partial charge in [-0.3, -0.25) is 0 Å². The van der Waals surface area contributed by atoms with Gasteiger partial charge in [0.05, 0.1) is 12.8 Å². The van der Waals surface area contributed by atoms with Crippen LogP contribution in [0.25, 0.3) is 0 Å². The van der Waals surface area contributed by atoms with Crippen LogP contribution in [0.15, 0.2) is 12.1 Å². The van der Waals surface area contributed by atoms with Crippen LogP contribution in [0.3, 0.4) is 0 Å². The number of aromatic nitrogens is 1. The Bertz CT molecular complexity index is 301. The smallest absolute Gasteiger partial charge is 0.238 e. The number of ether oxygens (including phenoxy) is 1. The van der Waals surface area contributed by atoms with E-state index in [0.717, 1.165) is 12.2 Å². The van der Waals surface area contributed by atoms with E-state index in [1.807, 2.05) is 6.07 Å². The largest absolute Gasteiger partial charge is 0.479 e. The highest BCUT2D eigenvalue weighted by Crippen LogP contribution is 2.20. The van der Waals surface area contributed by atoms with Gasteiger partial charge in [-0.1, -0.05) is 6.92 Å². The van der Waals surface area contributed by atoms with E-state index in [-0.39, 0.29) is 0 Å². The monoisotopic (exact) mass is 195 g/mol. The number of methoxy groups -OCH3 is 1. The molecule has 1 aromatic rings. The Balaban J connectivity index is 2.79. The van der Waals surface area contributed by atoms with Crippen molar-refractivity contribution in [2.24, 2.45) is 0 Å². The van der Waals surface area contributed by atoms with Crippen LogP contribution in [-0.2, 0) is 0 Å². The summed E-state index contributed by atoms with van der Waals surface area (Å²) in [4.78, 5) is 4.22. The summed E-state index contributed by atoms with van der Waals surface area (Å²) in [5.41, 5.74) is 6.21. The second kappa shape index (κ2) is 4.69. The molecule has 1 aromatic heterocycles. The third-order valence-corrected chi connectivity index (χ3v) is 2.09. The van der Waals surface area contributed by atoms with E-state index in [1.54, 1.807) is 13.2 Å². The van der Waals surface area contributed by atoms with Gasteiger partial charge < -0.3 is 15.8 Å². The van der Waals surface area contributed by atoms with Gasteiger partial charge in [-0.15, -0.1) is 0 Å². The summed E-state index contributed by atoms with van der Waals surface area (Å²) < 4.78 is 5.02. The zero-order valence-electron chi connectivity index (χ0n) is 8.87. The van der Waals surface area contributed by atoms with Crippen molar-refractivity contribution in [3.8, 4) is 5.88 Å². The van der Waals surface area contributed by atoms with Crippen LogP contribution in [0.5, 0.6) is 5.88 Å². The lowest BCUT2D eigenvalue weighted by Gasteiger charge is -2.13. The lowest BCUT2D eigenvalue weighted by Crippen LogP contribution is -2.14. The molecule has 0 aliphatic heterocycles.